The van der Waals surface area contributed by atoms with E-state index in [2.05, 4.69) is 25.6 Å². The number of para-hydroxylation sites is 1. The second kappa shape index (κ2) is 6.57. The summed E-state index contributed by atoms with van der Waals surface area (Å²) in [5.41, 5.74) is 9.29. The van der Waals surface area contributed by atoms with E-state index in [1.54, 1.807) is 12.1 Å². The minimum absolute atomic E-state index is 0.306. The number of nitrogens with two attached hydrogens (primary N) is 1. The molecular formula is C18H15FN6S. The fourth-order valence-electron chi connectivity index (χ4n) is 2.51. The predicted molar refractivity (Wildman–Crippen MR) is 104 cm³/mol. The minimum Gasteiger partial charge on any atom is -0.393 e. The molecule has 4 rings (SSSR count). The molecule has 26 heavy (non-hydrogen) atoms. The molecule has 0 aliphatic carbocycles. The van der Waals surface area contributed by atoms with Crippen molar-refractivity contribution in [3.63, 3.8) is 0 Å². The monoisotopic (exact) mass is 366 g/mol. The number of nitrogen functional groups attached to an aromatic ring is 1. The first-order valence-corrected chi connectivity index (χ1v) is 8.68. The first-order valence-electron chi connectivity index (χ1n) is 7.86. The van der Waals surface area contributed by atoms with Crippen LogP contribution in [0.2, 0.25) is 0 Å². The van der Waals surface area contributed by atoms with Crippen molar-refractivity contribution in [1.29, 1.82) is 0 Å². The number of rotatable bonds is 4. The lowest BCUT2D eigenvalue weighted by atomic mass is 10.2. The molecule has 0 saturated carbocycles. The van der Waals surface area contributed by atoms with Gasteiger partial charge in [-0.05, 0) is 42.8 Å². The Morgan fingerprint density at radius 2 is 1.73 bits per heavy atom. The molecule has 0 aliphatic heterocycles. The lowest BCUT2D eigenvalue weighted by Crippen LogP contribution is -2.05. The lowest BCUT2D eigenvalue weighted by molar-refractivity contribution is 0.628. The molecule has 2 aromatic carbocycles. The second-order valence-corrected chi connectivity index (χ2v) is 6.71. The summed E-state index contributed by atoms with van der Waals surface area (Å²) in [5.74, 6) is 0.590. The standard InChI is InChI=1S/C18H15FN6S/c1-10-3-2-4-13-15(10)24-18(26-13)25-17-14(20)16(21-9-22-17)23-12-7-5-11(19)6-8-12/h2-9H,20H2,1H3,(H2,21,22,23,24,25). The molecule has 0 atom stereocenters. The Morgan fingerprint density at radius 1 is 1.00 bits per heavy atom. The molecule has 0 bridgehead atoms. The van der Waals surface area contributed by atoms with Crippen molar-refractivity contribution in [3.05, 3.63) is 60.2 Å². The SMILES string of the molecule is Cc1cccc2sc(Nc3ncnc(Nc4ccc(F)cc4)c3N)nc12. The van der Waals surface area contributed by atoms with Gasteiger partial charge in [0.15, 0.2) is 16.8 Å². The van der Waals surface area contributed by atoms with Gasteiger partial charge in [0.1, 0.15) is 17.8 Å². The average Bonchev–Trinajstić information content (AvgIpc) is 3.04. The van der Waals surface area contributed by atoms with Gasteiger partial charge in [0.05, 0.1) is 10.2 Å². The van der Waals surface area contributed by atoms with E-state index in [-0.39, 0.29) is 5.82 Å². The Morgan fingerprint density at radius 3 is 2.46 bits per heavy atom. The number of thiazole rings is 1. The maximum Gasteiger partial charge on any atom is 0.189 e. The van der Waals surface area contributed by atoms with Gasteiger partial charge < -0.3 is 16.4 Å². The summed E-state index contributed by atoms with van der Waals surface area (Å²) in [5, 5.41) is 6.92. The number of anilines is 5. The fraction of sp³-hybridized carbons (Fsp3) is 0.0556. The van der Waals surface area contributed by atoms with Crippen LogP contribution in [0.15, 0.2) is 48.8 Å². The fourth-order valence-corrected chi connectivity index (χ4v) is 3.45. The molecule has 2 heterocycles. The molecule has 0 spiro atoms. The van der Waals surface area contributed by atoms with E-state index in [1.165, 1.54) is 29.8 Å². The van der Waals surface area contributed by atoms with E-state index in [4.69, 9.17) is 5.73 Å². The Labute approximate surface area is 152 Å². The van der Waals surface area contributed by atoms with Gasteiger partial charge in [0.25, 0.3) is 0 Å². The van der Waals surface area contributed by atoms with Crippen molar-refractivity contribution in [2.24, 2.45) is 0 Å². The molecule has 4 N–H and O–H groups in total. The zero-order valence-corrected chi connectivity index (χ0v) is 14.6. The third-order valence-corrected chi connectivity index (χ3v) is 4.77. The largest absolute Gasteiger partial charge is 0.393 e. The van der Waals surface area contributed by atoms with Gasteiger partial charge in [0.2, 0.25) is 0 Å². The summed E-state index contributed by atoms with van der Waals surface area (Å²) in [6.45, 7) is 2.02. The summed E-state index contributed by atoms with van der Waals surface area (Å²) < 4.78 is 14.1. The van der Waals surface area contributed by atoms with Crippen LogP contribution >= 0.6 is 11.3 Å². The Kier molecular flexibility index (Phi) is 4.10. The number of hydrogen-bond acceptors (Lipinski definition) is 7. The summed E-state index contributed by atoms with van der Waals surface area (Å²) >= 11 is 1.53. The zero-order valence-electron chi connectivity index (χ0n) is 13.8. The van der Waals surface area contributed by atoms with Gasteiger partial charge >= 0.3 is 0 Å². The molecule has 0 unspecified atom stereocenters. The molecule has 2 aromatic heterocycles. The average molecular weight is 366 g/mol. The zero-order chi connectivity index (χ0) is 18.1. The van der Waals surface area contributed by atoms with Gasteiger partial charge in [-0.3, -0.25) is 0 Å². The highest BCUT2D eigenvalue weighted by Gasteiger charge is 2.12. The molecule has 0 aliphatic rings. The summed E-state index contributed by atoms with van der Waals surface area (Å²) in [6.07, 6.45) is 1.41. The number of aromatic nitrogens is 3. The number of nitrogens with one attached hydrogen (secondary N) is 2. The lowest BCUT2D eigenvalue weighted by Gasteiger charge is -2.11. The van der Waals surface area contributed by atoms with Crippen LogP contribution in [0.4, 0.5) is 32.5 Å². The van der Waals surface area contributed by atoms with E-state index in [1.807, 2.05) is 25.1 Å². The molecule has 130 valence electrons. The van der Waals surface area contributed by atoms with Crippen molar-refractivity contribution in [1.82, 2.24) is 15.0 Å². The number of nitrogens with zero attached hydrogens (tertiary/aromatic N) is 3. The summed E-state index contributed by atoms with van der Waals surface area (Å²) in [7, 11) is 0. The molecule has 4 aromatic rings. The number of halogens is 1. The third kappa shape index (κ3) is 3.14. The highest BCUT2D eigenvalue weighted by Crippen LogP contribution is 2.32. The molecular weight excluding hydrogens is 351 g/mol. The van der Waals surface area contributed by atoms with E-state index < -0.39 is 0 Å². The Hall–Kier alpha value is -3.26. The van der Waals surface area contributed by atoms with Crippen LogP contribution in [-0.2, 0) is 0 Å². The van der Waals surface area contributed by atoms with E-state index >= 15 is 0 Å². The maximum absolute atomic E-state index is 13.0. The van der Waals surface area contributed by atoms with Gasteiger partial charge in [-0.2, -0.15) is 0 Å². The van der Waals surface area contributed by atoms with Crippen LogP contribution < -0.4 is 16.4 Å². The number of aryl methyl sites for hydroxylation is 1. The predicted octanol–water partition coefficient (Wildman–Crippen LogP) is 4.60. The second-order valence-electron chi connectivity index (χ2n) is 5.68. The van der Waals surface area contributed by atoms with Crippen molar-refractivity contribution >= 4 is 49.7 Å². The van der Waals surface area contributed by atoms with E-state index in [0.717, 1.165) is 15.8 Å². The molecule has 6 nitrogen and oxygen atoms in total. The first kappa shape index (κ1) is 16.2. The van der Waals surface area contributed by atoms with Crippen LogP contribution in [0.1, 0.15) is 5.56 Å². The first-order chi connectivity index (χ1) is 12.6. The molecule has 0 fully saturated rings. The highest BCUT2D eigenvalue weighted by molar-refractivity contribution is 7.22. The van der Waals surface area contributed by atoms with Gasteiger partial charge in [-0.1, -0.05) is 23.5 Å². The topological polar surface area (TPSA) is 88.8 Å². The highest BCUT2D eigenvalue weighted by atomic mass is 32.1. The normalized spacial score (nSPS) is 10.8. The Bertz CT molecular complexity index is 1080. The molecule has 0 saturated heterocycles. The van der Waals surface area contributed by atoms with E-state index in [9.17, 15) is 4.39 Å². The number of benzene rings is 2. The quantitative estimate of drug-likeness (QED) is 0.489. The third-order valence-electron chi connectivity index (χ3n) is 3.84. The van der Waals surface area contributed by atoms with Crippen LogP contribution in [-0.4, -0.2) is 15.0 Å². The number of fused-ring (bicyclic) bond motifs is 1. The van der Waals surface area contributed by atoms with Crippen molar-refractivity contribution in [2.75, 3.05) is 16.4 Å². The minimum atomic E-state index is -0.306. The van der Waals surface area contributed by atoms with Crippen LogP contribution in [0, 0.1) is 12.7 Å². The van der Waals surface area contributed by atoms with Crippen molar-refractivity contribution in [2.45, 2.75) is 6.92 Å². The maximum atomic E-state index is 13.0. The summed E-state index contributed by atoms with van der Waals surface area (Å²) in [4.78, 5) is 13.0. The summed E-state index contributed by atoms with van der Waals surface area (Å²) in [6, 6.07) is 12.0. The Balaban J connectivity index is 1.62. The van der Waals surface area contributed by atoms with Gasteiger partial charge in [-0.15, -0.1) is 0 Å². The smallest absolute Gasteiger partial charge is 0.189 e. The van der Waals surface area contributed by atoms with Gasteiger partial charge in [-0.25, -0.2) is 19.3 Å². The number of hydrogen-bond donors (Lipinski definition) is 3. The van der Waals surface area contributed by atoms with Crippen LogP contribution in [0.3, 0.4) is 0 Å². The van der Waals surface area contributed by atoms with E-state index in [0.29, 0.717) is 28.1 Å². The van der Waals surface area contributed by atoms with Crippen molar-refractivity contribution < 1.29 is 4.39 Å². The van der Waals surface area contributed by atoms with Crippen molar-refractivity contribution in [3.8, 4) is 0 Å². The molecule has 8 heteroatoms. The van der Waals surface area contributed by atoms with Crippen LogP contribution in [0.5, 0.6) is 0 Å². The molecule has 0 amide bonds. The molecule has 0 radical (unpaired) electrons. The van der Waals surface area contributed by atoms with Gasteiger partial charge in [0, 0.05) is 5.69 Å². The van der Waals surface area contributed by atoms with Crippen LogP contribution in [0.25, 0.3) is 10.2 Å².